The molecule has 1 unspecified atom stereocenters. The van der Waals surface area contributed by atoms with Gasteiger partial charge < -0.3 is 5.32 Å². The summed E-state index contributed by atoms with van der Waals surface area (Å²) in [6.07, 6.45) is 8.13. The van der Waals surface area contributed by atoms with Gasteiger partial charge in [-0.15, -0.1) is 22.7 Å². The average Bonchev–Trinajstić information content (AvgIpc) is 3.91. The largest absolute Gasteiger partial charge is 0.371 e. The quantitative estimate of drug-likeness (QED) is 0.182. The van der Waals surface area contributed by atoms with Crippen LogP contribution in [0, 0.1) is 0 Å². The highest BCUT2D eigenvalue weighted by molar-refractivity contribution is 7.26. The number of fused-ring (bicyclic) bond motifs is 8. The van der Waals surface area contributed by atoms with E-state index in [1.165, 1.54) is 56.9 Å². The van der Waals surface area contributed by atoms with Crippen LogP contribution in [0.3, 0.4) is 0 Å². The van der Waals surface area contributed by atoms with E-state index < -0.39 is 0 Å². The van der Waals surface area contributed by atoms with Gasteiger partial charge in [0.2, 0.25) is 0 Å². The molecule has 11 aromatic rings. The van der Waals surface area contributed by atoms with Crippen molar-refractivity contribution in [3.63, 3.8) is 0 Å². The monoisotopic (exact) mass is 802 g/mol. The van der Waals surface area contributed by atoms with Gasteiger partial charge in [-0.2, -0.15) is 0 Å². The van der Waals surface area contributed by atoms with Crippen molar-refractivity contribution in [3.05, 3.63) is 211 Å². The molecule has 1 aliphatic heterocycles. The normalized spacial score (nSPS) is 14.2. The molecule has 6 heterocycles. The smallest absolute Gasteiger partial charge is 0.0888 e. The van der Waals surface area contributed by atoms with Gasteiger partial charge in [0.1, 0.15) is 0 Å². The number of dihydropyridines is 1. The molecule has 0 saturated heterocycles. The second kappa shape index (κ2) is 14.2. The number of rotatable bonds is 6. The fourth-order valence-corrected chi connectivity index (χ4v) is 11.0. The second-order valence-electron chi connectivity index (χ2n) is 15.2. The molecule has 0 amide bonds. The first-order chi connectivity index (χ1) is 29.7. The van der Waals surface area contributed by atoms with E-state index in [-0.39, 0.29) is 6.04 Å². The van der Waals surface area contributed by atoms with Crippen molar-refractivity contribution in [2.24, 2.45) is 0 Å². The van der Waals surface area contributed by atoms with Crippen LogP contribution in [0.4, 0.5) is 0 Å². The van der Waals surface area contributed by atoms with Crippen molar-refractivity contribution < 1.29 is 0 Å². The van der Waals surface area contributed by atoms with E-state index in [0.717, 1.165) is 56.1 Å². The summed E-state index contributed by atoms with van der Waals surface area (Å²) in [5.74, 6) is 0. The maximum absolute atomic E-state index is 5.48. The third-order valence-electron chi connectivity index (χ3n) is 11.6. The van der Waals surface area contributed by atoms with Crippen molar-refractivity contribution >= 4 is 85.2 Å². The second-order valence-corrected chi connectivity index (χ2v) is 17.4. The van der Waals surface area contributed by atoms with Crippen molar-refractivity contribution in [3.8, 4) is 33.5 Å². The van der Waals surface area contributed by atoms with Crippen molar-refractivity contribution in [1.29, 1.82) is 0 Å². The van der Waals surface area contributed by atoms with Crippen molar-refractivity contribution in [1.82, 2.24) is 20.3 Å². The summed E-state index contributed by atoms with van der Waals surface area (Å²) >= 11 is 3.68. The molecule has 1 atom stereocenters. The molecule has 6 heteroatoms. The Kier molecular flexibility index (Phi) is 8.25. The summed E-state index contributed by atoms with van der Waals surface area (Å²) in [5, 5.41) is 10.0. The zero-order chi connectivity index (χ0) is 39.6. The number of allylic oxidation sites excluding steroid dienone is 2. The molecule has 60 heavy (non-hydrogen) atoms. The Morgan fingerprint density at radius 3 is 1.98 bits per heavy atom. The molecule has 12 rings (SSSR count). The van der Waals surface area contributed by atoms with E-state index in [0.29, 0.717) is 0 Å². The molecule has 0 radical (unpaired) electrons. The van der Waals surface area contributed by atoms with Crippen LogP contribution in [0.25, 0.3) is 96.0 Å². The Balaban J connectivity index is 0.938. The third-order valence-corrected chi connectivity index (χ3v) is 13.9. The molecule has 6 aromatic carbocycles. The molecule has 0 bridgehead atoms. The summed E-state index contributed by atoms with van der Waals surface area (Å²) in [6, 6.07) is 60.8. The van der Waals surface area contributed by atoms with E-state index >= 15 is 0 Å². The molecule has 282 valence electrons. The van der Waals surface area contributed by atoms with Crippen LogP contribution >= 0.6 is 22.7 Å². The first kappa shape index (κ1) is 34.8. The minimum absolute atomic E-state index is 0.0904. The molecule has 1 N–H and O–H groups in total. The molecule has 5 aromatic heterocycles. The molecule has 4 nitrogen and oxygen atoms in total. The third kappa shape index (κ3) is 5.99. The molecule has 0 aliphatic carbocycles. The number of benzene rings is 6. The molecular weight excluding hydrogens is 769 g/mol. The SMILES string of the molecule is C1=C(c2cccc(-c3ccc(-c4nc5cc(-c6ccc7sc8ccccc8c7c6)ccc5c5c4sc4ccccc45)cc3)c2)C=C(c2ccccn2)NC1c1ccccn1. The zero-order valence-electron chi connectivity index (χ0n) is 32.2. The first-order valence-electron chi connectivity index (χ1n) is 20.1. The topological polar surface area (TPSA) is 50.7 Å². The number of thiophene rings is 2. The van der Waals surface area contributed by atoms with Crippen molar-refractivity contribution in [2.45, 2.75) is 6.04 Å². The summed E-state index contributed by atoms with van der Waals surface area (Å²) in [4.78, 5) is 14.8. The maximum atomic E-state index is 5.48. The molecule has 1 aliphatic rings. The van der Waals surface area contributed by atoms with Crippen LogP contribution in [0.15, 0.2) is 194 Å². The van der Waals surface area contributed by atoms with Gasteiger partial charge in [0, 0.05) is 59.0 Å². The highest BCUT2D eigenvalue weighted by Crippen LogP contribution is 2.44. The summed E-state index contributed by atoms with van der Waals surface area (Å²) < 4.78 is 5.12. The van der Waals surface area contributed by atoms with E-state index in [2.05, 4.69) is 167 Å². The lowest BCUT2D eigenvalue weighted by atomic mass is 9.93. The highest BCUT2D eigenvalue weighted by atomic mass is 32.1. The van der Waals surface area contributed by atoms with Crippen LogP contribution in [-0.2, 0) is 0 Å². The van der Waals surface area contributed by atoms with E-state index in [4.69, 9.17) is 4.98 Å². The number of nitrogens with zero attached hydrogens (tertiary/aromatic N) is 3. The number of aromatic nitrogens is 3. The Morgan fingerprint density at radius 1 is 0.467 bits per heavy atom. The van der Waals surface area contributed by atoms with Gasteiger partial charge in [-0.05, 0) is 106 Å². The molecule has 0 saturated carbocycles. The standard InChI is InChI=1S/C54H34N4S2/c1-3-16-49-40(12-1)43-29-37(23-25-51(43)59-49)38-22-24-41-46(30-38)58-53(54-52(41)42-13-2-4-17-50(42)60-54)34-20-18-33(19-21-34)35-10-9-11-36(28-35)39-31-47(44-14-5-7-26-55-44)57-48(32-39)45-15-6-8-27-56-45/h1-32,47,57H. The van der Waals surface area contributed by atoms with Gasteiger partial charge in [-0.1, -0.05) is 109 Å². The first-order valence-corrected chi connectivity index (χ1v) is 21.7. The van der Waals surface area contributed by atoms with Gasteiger partial charge in [-0.3, -0.25) is 9.97 Å². The van der Waals surface area contributed by atoms with E-state index in [1.807, 2.05) is 65.4 Å². The lowest BCUT2D eigenvalue weighted by molar-refractivity contribution is 0.736. The number of pyridine rings is 3. The lowest BCUT2D eigenvalue weighted by Gasteiger charge is -2.24. The van der Waals surface area contributed by atoms with Crippen LogP contribution in [0.1, 0.15) is 23.0 Å². The number of nitrogens with one attached hydrogen (secondary N) is 1. The minimum Gasteiger partial charge on any atom is -0.371 e. The van der Waals surface area contributed by atoms with Gasteiger partial charge in [0.05, 0.1) is 39.0 Å². The van der Waals surface area contributed by atoms with Gasteiger partial charge in [-0.25, -0.2) is 4.98 Å². The average molecular weight is 803 g/mol. The predicted octanol–water partition coefficient (Wildman–Crippen LogP) is 14.5. The Bertz CT molecular complexity index is 3510. The maximum Gasteiger partial charge on any atom is 0.0888 e. The zero-order valence-corrected chi connectivity index (χ0v) is 33.8. The summed E-state index contributed by atoms with van der Waals surface area (Å²) in [7, 11) is 0. The van der Waals surface area contributed by atoms with Gasteiger partial charge in [0.15, 0.2) is 0 Å². The fraction of sp³-hybridized carbons (Fsp3) is 0.0185. The molecule has 0 spiro atoms. The number of hydrogen-bond acceptors (Lipinski definition) is 6. The van der Waals surface area contributed by atoms with Crippen LogP contribution in [-0.4, -0.2) is 15.0 Å². The molecular formula is C54H34N4S2. The Morgan fingerprint density at radius 2 is 1.15 bits per heavy atom. The van der Waals surface area contributed by atoms with Crippen LogP contribution in [0.2, 0.25) is 0 Å². The van der Waals surface area contributed by atoms with Crippen LogP contribution in [0.5, 0.6) is 0 Å². The highest BCUT2D eigenvalue weighted by Gasteiger charge is 2.21. The van der Waals surface area contributed by atoms with Gasteiger partial charge >= 0.3 is 0 Å². The van der Waals surface area contributed by atoms with Crippen LogP contribution < -0.4 is 5.32 Å². The van der Waals surface area contributed by atoms with Gasteiger partial charge in [0.25, 0.3) is 0 Å². The Hall–Kier alpha value is -7.25. The predicted molar refractivity (Wildman–Crippen MR) is 254 cm³/mol. The fourth-order valence-electron chi connectivity index (χ4n) is 8.67. The minimum atomic E-state index is -0.0904. The summed E-state index contributed by atoms with van der Waals surface area (Å²) in [5.41, 5.74) is 12.9. The summed E-state index contributed by atoms with van der Waals surface area (Å²) in [6.45, 7) is 0. The Labute approximate surface area is 354 Å². The van der Waals surface area contributed by atoms with E-state index in [1.54, 1.807) is 0 Å². The van der Waals surface area contributed by atoms with Crippen molar-refractivity contribution in [2.75, 3.05) is 0 Å². The molecule has 0 fully saturated rings. The number of hydrogen-bond donors (Lipinski definition) is 1. The van der Waals surface area contributed by atoms with E-state index in [9.17, 15) is 0 Å². The lowest BCUT2D eigenvalue weighted by Crippen LogP contribution is -2.23.